The lowest BCUT2D eigenvalue weighted by Gasteiger charge is -2.26. The molecule has 9 nitrogen and oxygen atoms in total. The Morgan fingerprint density at radius 1 is 1.03 bits per heavy atom. The summed E-state index contributed by atoms with van der Waals surface area (Å²) in [6, 6.07) is 16.7. The number of aromatic nitrogens is 5. The SMILES string of the molecule is CCN(Cc1nc2ccccc2c(=O)[nH]1)C(C)c1nc(N)nc(Nc2ccccc2)n1. The number of para-hydroxylation sites is 2. The predicted octanol–water partition coefficient (Wildman–Crippen LogP) is 3.02. The summed E-state index contributed by atoms with van der Waals surface area (Å²) in [5.74, 6) is 1.65. The van der Waals surface area contributed by atoms with Gasteiger partial charge in [0.1, 0.15) is 5.82 Å². The topological polar surface area (TPSA) is 126 Å². The van der Waals surface area contributed by atoms with E-state index >= 15 is 0 Å². The number of hydrogen-bond donors (Lipinski definition) is 3. The van der Waals surface area contributed by atoms with Gasteiger partial charge < -0.3 is 16.0 Å². The van der Waals surface area contributed by atoms with Gasteiger partial charge in [0.25, 0.3) is 5.56 Å². The highest BCUT2D eigenvalue weighted by Crippen LogP contribution is 2.21. The molecule has 0 saturated heterocycles. The van der Waals surface area contributed by atoms with Gasteiger partial charge in [0, 0.05) is 5.69 Å². The van der Waals surface area contributed by atoms with E-state index in [4.69, 9.17) is 5.73 Å². The number of H-pyrrole nitrogens is 1. The maximum Gasteiger partial charge on any atom is 0.258 e. The summed E-state index contributed by atoms with van der Waals surface area (Å²) < 4.78 is 0. The number of nitrogens with two attached hydrogens (primary N) is 1. The number of nitrogens with one attached hydrogen (secondary N) is 2. The summed E-state index contributed by atoms with van der Waals surface area (Å²) in [7, 11) is 0. The zero-order valence-corrected chi connectivity index (χ0v) is 17.4. The predicted molar refractivity (Wildman–Crippen MR) is 121 cm³/mol. The van der Waals surface area contributed by atoms with Gasteiger partial charge in [0.15, 0.2) is 5.82 Å². The molecule has 0 bridgehead atoms. The minimum absolute atomic E-state index is 0.142. The average molecular weight is 416 g/mol. The first-order valence-corrected chi connectivity index (χ1v) is 10.1. The van der Waals surface area contributed by atoms with Crippen LogP contribution in [0.15, 0.2) is 59.4 Å². The van der Waals surface area contributed by atoms with Crippen molar-refractivity contribution in [1.29, 1.82) is 0 Å². The van der Waals surface area contributed by atoms with Crippen LogP contribution < -0.4 is 16.6 Å². The Kier molecular flexibility index (Phi) is 5.85. The molecule has 0 saturated carbocycles. The van der Waals surface area contributed by atoms with Crippen LogP contribution in [-0.2, 0) is 6.54 Å². The van der Waals surface area contributed by atoms with Crippen LogP contribution in [0.1, 0.15) is 31.5 Å². The molecule has 0 aliphatic carbocycles. The van der Waals surface area contributed by atoms with E-state index in [1.54, 1.807) is 6.07 Å². The minimum atomic E-state index is -0.177. The number of rotatable bonds is 7. The van der Waals surface area contributed by atoms with E-state index in [1.807, 2.05) is 62.4 Å². The number of anilines is 3. The molecule has 31 heavy (non-hydrogen) atoms. The summed E-state index contributed by atoms with van der Waals surface area (Å²) in [4.78, 5) is 35.1. The van der Waals surface area contributed by atoms with E-state index in [9.17, 15) is 4.79 Å². The van der Waals surface area contributed by atoms with Gasteiger partial charge in [-0.2, -0.15) is 15.0 Å². The molecule has 0 radical (unpaired) electrons. The summed E-state index contributed by atoms with van der Waals surface area (Å²) in [5.41, 5.74) is 7.33. The zero-order chi connectivity index (χ0) is 21.8. The molecule has 0 fully saturated rings. The average Bonchev–Trinajstić information content (AvgIpc) is 2.77. The van der Waals surface area contributed by atoms with Crippen molar-refractivity contribution in [3.05, 3.63) is 76.6 Å². The molecule has 2 aromatic heterocycles. The Morgan fingerprint density at radius 3 is 2.55 bits per heavy atom. The number of nitrogen functional groups attached to an aromatic ring is 1. The van der Waals surface area contributed by atoms with Crippen molar-refractivity contribution >= 4 is 28.5 Å². The fourth-order valence-electron chi connectivity index (χ4n) is 3.39. The summed E-state index contributed by atoms with van der Waals surface area (Å²) in [6.45, 7) is 5.16. The highest BCUT2D eigenvalue weighted by molar-refractivity contribution is 5.77. The first-order chi connectivity index (χ1) is 15.0. The van der Waals surface area contributed by atoms with Gasteiger partial charge in [0.05, 0.1) is 23.5 Å². The summed E-state index contributed by atoms with van der Waals surface area (Å²) in [6.07, 6.45) is 0. The third-order valence-electron chi connectivity index (χ3n) is 5.04. The van der Waals surface area contributed by atoms with Gasteiger partial charge in [-0.1, -0.05) is 37.3 Å². The van der Waals surface area contributed by atoms with Crippen LogP contribution >= 0.6 is 0 Å². The Balaban J connectivity index is 1.58. The molecule has 0 aliphatic rings. The Labute approximate surface area is 179 Å². The molecule has 0 spiro atoms. The van der Waals surface area contributed by atoms with Crippen LogP contribution in [0.2, 0.25) is 0 Å². The Morgan fingerprint density at radius 2 is 1.77 bits per heavy atom. The molecule has 158 valence electrons. The fourth-order valence-corrected chi connectivity index (χ4v) is 3.39. The van der Waals surface area contributed by atoms with Crippen LogP contribution in [0.4, 0.5) is 17.6 Å². The van der Waals surface area contributed by atoms with E-state index in [0.29, 0.717) is 41.6 Å². The van der Waals surface area contributed by atoms with Crippen molar-refractivity contribution in [1.82, 2.24) is 29.8 Å². The van der Waals surface area contributed by atoms with E-state index < -0.39 is 0 Å². The smallest absolute Gasteiger partial charge is 0.258 e. The van der Waals surface area contributed by atoms with Crippen molar-refractivity contribution in [2.75, 3.05) is 17.6 Å². The van der Waals surface area contributed by atoms with Crippen LogP contribution in [-0.4, -0.2) is 36.4 Å². The Hall–Kier alpha value is -3.85. The quantitative estimate of drug-likeness (QED) is 0.420. The lowest BCUT2D eigenvalue weighted by atomic mass is 10.2. The fraction of sp³-hybridized carbons (Fsp3) is 0.227. The third kappa shape index (κ3) is 4.67. The first kappa shape index (κ1) is 20.4. The van der Waals surface area contributed by atoms with E-state index in [0.717, 1.165) is 5.69 Å². The molecule has 2 heterocycles. The van der Waals surface area contributed by atoms with Gasteiger partial charge in [-0.3, -0.25) is 9.69 Å². The van der Waals surface area contributed by atoms with Gasteiger partial charge in [-0.15, -0.1) is 0 Å². The number of aromatic amines is 1. The number of fused-ring (bicyclic) bond motifs is 1. The molecule has 2 aromatic carbocycles. The van der Waals surface area contributed by atoms with Crippen molar-refractivity contribution < 1.29 is 0 Å². The molecule has 1 atom stereocenters. The largest absolute Gasteiger partial charge is 0.368 e. The van der Waals surface area contributed by atoms with Gasteiger partial charge in [0.2, 0.25) is 11.9 Å². The van der Waals surface area contributed by atoms with Crippen molar-refractivity contribution in [3.8, 4) is 0 Å². The van der Waals surface area contributed by atoms with Gasteiger partial charge in [-0.05, 0) is 37.7 Å². The summed E-state index contributed by atoms with van der Waals surface area (Å²) in [5, 5.41) is 3.73. The van der Waals surface area contributed by atoms with Gasteiger partial charge >= 0.3 is 0 Å². The van der Waals surface area contributed by atoms with E-state index in [1.165, 1.54) is 0 Å². The molecule has 4 N–H and O–H groups in total. The molecule has 9 heteroatoms. The molecular formula is C22H24N8O. The lowest BCUT2D eigenvalue weighted by molar-refractivity contribution is 0.200. The molecule has 4 aromatic rings. The zero-order valence-electron chi connectivity index (χ0n) is 17.4. The lowest BCUT2D eigenvalue weighted by Crippen LogP contribution is -2.30. The monoisotopic (exact) mass is 416 g/mol. The van der Waals surface area contributed by atoms with Crippen LogP contribution in [0, 0.1) is 0 Å². The number of benzene rings is 2. The van der Waals surface area contributed by atoms with Crippen LogP contribution in [0.5, 0.6) is 0 Å². The van der Waals surface area contributed by atoms with Crippen LogP contribution in [0.25, 0.3) is 10.9 Å². The Bertz CT molecular complexity index is 1240. The third-order valence-corrected chi connectivity index (χ3v) is 5.04. The highest BCUT2D eigenvalue weighted by Gasteiger charge is 2.20. The normalized spacial score (nSPS) is 12.2. The maximum atomic E-state index is 12.4. The second kappa shape index (κ2) is 8.88. The van der Waals surface area contributed by atoms with Crippen molar-refractivity contribution in [2.45, 2.75) is 26.4 Å². The van der Waals surface area contributed by atoms with E-state index in [-0.39, 0.29) is 17.5 Å². The second-order valence-corrected chi connectivity index (χ2v) is 7.14. The number of hydrogen-bond acceptors (Lipinski definition) is 8. The first-order valence-electron chi connectivity index (χ1n) is 10.1. The standard InChI is InChI=1S/C22H24N8O/c1-3-30(13-18-25-17-12-8-7-11-16(17)20(31)26-18)14(2)19-27-21(23)29-22(28-19)24-15-9-5-4-6-10-15/h4-12,14H,3,13H2,1-2H3,(H,25,26,31)(H3,23,24,27,28,29). The molecular weight excluding hydrogens is 392 g/mol. The van der Waals surface area contributed by atoms with Crippen LogP contribution in [0.3, 0.4) is 0 Å². The highest BCUT2D eigenvalue weighted by atomic mass is 16.1. The maximum absolute atomic E-state index is 12.4. The molecule has 4 rings (SSSR count). The van der Waals surface area contributed by atoms with E-state index in [2.05, 4.69) is 35.1 Å². The molecule has 0 amide bonds. The molecule has 1 unspecified atom stereocenters. The minimum Gasteiger partial charge on any atom is -0.368 e. The number of nitrogens with zero attached hydrogens (tertiary/aromatic N) is 5. The van der Waals surface area contributed by atoms with Crippen molar-refractivity contribution in [2.24, 2.45) is 0 Å². The van der Waals surface area contributed by atoms with Crippen molar-refractivity contribution in [3.63, 3.8) is 0 Å². The summed E-state index contributed by atoms with van der Waals surface area (Å²) >= 11 is 0. The molecule has 0 aliphatic heterocycles. The second-order valence-electron chi connectivity index (χ2n) is 7.14. The van der Waals surface area contributed by atoms with Gasteiger partial charge in [-0.25, -0.2) is 4.98 Å².